The molecule has 4 heterocycles. The molecule has 14 heteroatoms. The number of hydrogen-bond acceptors (Lipinski definition) is 9. The van der Waals surface area contributed by atoms with E-state index in [9.17, 15) is 27.6 Å². The highest BCUT2D eigenvalue weighted by molar-refractivity contribution is 7.18. The fraction of sp³-hybridized carbons (Fsp3) is 0.391. The number of esters is 2. The second-order valence-electron chi connectivity index (χ2n) is 8.02. The maximum absolute atomic E-state index is 13.9. The molecule has 4 rings (SSSR count). The van der Waals surface area contributed by atoms with Crippen LogP contribution in [-0.4, -0.2) is 47.0 Å². The molecule has 1 aliphatic heterocycles. The van der Waals surface area contributed by atoms with Crippen molar-refractivity contribution in [1.82, 2.24) is 9.78 Å². The van der Waals surface area contributed by atoms with Gasteiger partial charge in [0.1, 0.15) is 15.7 Å². The number of anilines is 2. The standard InChI is InChI=1S/C23H23F3N4O5S2/c1-4-34-21(32)17-11(3)18(22(33)35-5-2)37-20(17)28-19(31)13-10-16-27-12(14-7-6-8-36-14)9-15(23(24,25)26)30(16)29-13/h6-8,10,12,15,27H,4-5,9H2,1-3H3,(H,28,31)/t12-,15+/m0/s1. The zero-order valence-electron chi connectivity index (χ0n) is 20.0. The minimum absolute atomic E-state index is 0.00627. The minimum Gasteiger partial charge on any atom is -0.462 e. The number of carbonyl (C=O) groups is 3. The molecule has 9 nitrogen and oxygen atoms in total. The first-order valence-corrected chi connectivity index (χ1v) is 13.0. The Labute approximate surface area is 217 Å². The van der Waals surface area contributed by atoms with Crippen molar-refractivity contribution in [2.45, 2.75) is 45.5 Å². The predicted octanol–water partition coefficient (Wildman–Crippen LogP) is 5.58. The van der Waals surface area contributed by atoms with E-state index < -0.39 is 36.1 Å². The Bertz CT molecular complexity index is 1320. The van der Waals surface area contributed by atoms with Crippen molar-refractivity contribution >= 4 is 51.3 Å². The van der Waals surface area contributed by atoms with Crippen LogP contribution in [0.15, 0.2) is 23.6 Å². The zero-order valence-corrected chi connectivity index (χ0v) is 21.6. The summed E-state index contributed by atoms with van der Waals surface area (Å²) in [4.78, 5) is 38.9. The van der Waals surface area contributed by atoms with Crippen LogP contribution in [0.4, 0.5) is 24.0 Å². The second-order valence-corrected chi connectivity index (χ2v) is 10.0. The number of nitrogens with zero attached hydrogens (tertiary/aromatic N) is 2. The summed E-state index contributed by atoms with van der Waals surface area (Å²) in [5.74, 6) is -2.24. The number of rotatable bonds is 7. The summed E-state index contributed by atoms with van der Waals surface area (Å²) in [5.41, 5.74) is -0.0580. The number of aromatic nitrogens is 2. The van der Waals surface area contributed by atoms with Gasteiger partial charge in [-0.05, 0) is 37.8 Å². The van der Waals surface area contributed by atoms with Crippen molar-refractivity contribution < 1.29 is 37.0 Å². The van der Waals surface area contributed by atoms with E-state index in [0.29, 0.717) is 0 Å². The van der Waals surface area contributed by atoms with Crippen molar-refractivity contribution in [2.24, 2.45) is 0 Å². The van der Waals surface area contributed by atoms with Gasteiger partial charge in [-0.15, -0.1) is 22.7 Å². The molecule has 0 bridgehead atoms. The van der Waals surface area contributed by atoms with Gasteiger partial charge in [-0.1, -0.05) is 6.07 Å². The molecular formula is C23H23F3N4O5S2. The maximum atomic E-state index is 13.9. The Kier molecular flexibility index (Phi) is 7.59. The van der Waals surface area contributed by atoms with Crippen LogP contribution in [0.2, 0.25) is 0 Å². The van der Waals surface area contributed by atoms with E-state index in [4.69, 9.17) is 9.47 Å². The van der Waals surface area contributed by atoms with Crippen LogP contribution in [0, 0.1) is 6.92 Å². The number of nitrogens with one attached hydrogen (secondary N) is 2. The molecule has 0 aromatic carbocycles. The van der Waals surface area contributed by atoms with Crippen LogP contribution >= 0.6 is 22.7 Å². The minimum atomic E-state index is -4.59. The molecule has 3 aromatic heterocycles. The van der Waals surface area contributed by atoms with Gasteiger partial charge in [-0.25, -0.2) is 14.3 Å². The highest BCUT2D eigenvalue weighted by Gasteiger charge is 2.47. The van der Waals surface area contributed by atoms with E-state index in [1.54, 1.807) is 31.4 Å². The smallest absolute Gasteiger partial charge is 0.410 e. The van der Waals surface area contributed by atoms with E-state index in [2.05, 4.69) is 15.7 Å². The lowest BCUT2D eigenvalue weighted by atomic mass is 10.0. The summed E-state index contributed by atoms with van der Waals surface area (Å²) >= 11 is 2.14. The summed E-state index contributed by atoms with van der Waals surface area (Å²) < 4.78 is 52.6. The van der Waals surface area contributed by atoms with E-state index in [-0.39, 0.29) is 52.2 Å². The fourth-order valence-corrected chi connectivity index (χ4v) is 5.84. The van der Waals surface area contributed by atoms with Crippen molar-refractivity contribution in [3.8, 4) is 0 Å². The molecule has 0 spiro atoms. The predicted molar refractivity (Wildman–Crippen MR) is 132 cm³/mol. The Balaban J connectivity index is 1.67. The Morgan fingerprint density at radius 2 is 1.92 bits per heavy atom. The molecular weight excluding hydrogens is 533 g/mol. The summed E-state index contributed by atoms with van der Waals surface area (Å²) in [7, 11) is 0. The Hall–Kier alpha value is -3.39. The third-order valence-electron chi connectivity index (χ3n) is 5.62. The first kappa shape index (κ1) is 26.7. The number of alkyl halides is 3. The van der Waals surface area contributed by atoms with Crippen molar-refractivity contribution in [2.75, 3.05) is 23.8 Å². The largest absolute Gasteiger partial charge is 0.462 e. The van der Waals surface area contributed by atoms with Crippen molar-refractivity contribution in [1.29, 1.82) is 0 Å². The summed E-state index contributed by atoms with van der Waals surface area (Å²) in [6.07, 6.45) is -4.89. The van der Waals surface area contributed by atoms with Gasteiger partial charge >= 0.3 is 18.1 Å². The maximum Gasteiger partial charge on any atom is 0.410 e. The van der Waals surface area contributed by atoms with Crippen LogP contribution in [-0.2, 0) is 9.47 Å². The molecule has 2 N–H and O–H groups in total. The quantitative estimate of drug-likeness (QED) is 0.366. The number of carbonyl (C=O) groups excluding carboxylic acids is 3. The van der Waals surface area contributed by atoms with Gasteiger partial charge in [0.2, 0.25) is 0 Å². The average molecular weight is 557 g/mol. The molecule has 2 atom stereocenters. The van der Waals surface area contributed by atoms with Gasteiger partial charge in [-0.3, -0.25) is 4.79 Å². The topological polar surface area (TPSA) is 112 Å². The third kappa shape index (κ3) is 5.34. The molecule has 0 saturated heterocycles. The lowest BCUT2D eigenvalue weighted by Crippen LogP contribution is -2.35. The molecule has 0 aliphatic carbocycles. The van der Waals surface area contributed by atoms with E-state index in [1.807, 2.05) is 0 Å². The first-order chi connectivity index (χ1) is 17.5. The molecule has 1 amide bonds. The van der Waals surface area contributed by atoms with Gasteiger partial charge in [0.15, 0.2) is 11.7 Å². The van der Waals surface area contributed by atoms with Gasteiger partial charge in [0.05, 0.1) is 24.8 Å². The molecule has 37 heavy (non-hydrogen) atoms. The van der Waals surface area contributed by atoms with Crippen LogP contribution in [0.1, 0.15) is 73.3 Å². The van der Waals surface area contributed by atoms with Crippen molar-refractivity contribution in [3.63, 3.8) is 0 Å². The number of halogens is 3. The number of thiophene rings is 2. The van der Waals surface area contributed by atoms with Crippen LogP contribution < -0.4 is 10.6 Å². The number of amides is 1. The molecule has 0 unspecified atom stereocenters. The Morgan fingerprint density at radius 1 is 1.22 bits per heavy atom. The summed E-state index contributed by atoms with van der Waals surface area (Å²) in [5, 5.41) is 11.3. The van der Waals surface area contributed by atoms with E-state index in [0.717, 1.165) is 20.9 Å². The monoisotopic (exact) mass is 556 g/mol. The highest BCUT2D eigenvalue weighted by Crippen LogP contribution is 2.44. The van der Waals surface area contributed by atoms with Gasteiger partial charge < -0.3 is 20.1 Å². The second kappa shape index (κ2) is 10.5. The van der Waals surface area contributed by atoms with Gasteiger partial charge in [-0.2, -0.15) is 18.3 Å². The molecule has 0 saturated carbocycles. The van der Waals surface area contributed by atoms with Crippen LogP contribution in [0.3, 0.4) is 0 Å². The molecule has 1 aliphatic rings. The van der Waals surface area contributed by atoms with E-state index >= 15 is 0 Å². The first-order valence-electron chi connectivity index (χ1n) is 11.3. The lowest BCUT2D eigenvalue weighted by molar-refractivity contribution is -0.173. The van der Waals surface area contributed by atoms with Gasteiger partial charge in [0, 0.05) is 17.4 Å². The number of fused-ring (bicyclic) bond motifs is 1. The summed E-state index contributed by atoms with van der Waals surface area (Å²) in [6, 6.07) is 2.18. The summed E-state index contributed by atoms with van der Waals surface area (Å²) in [6.45, 7) is 4.91. The van der Waals surface area contributed by atoms with E-state index in [1.165, 1.54) is 24.3 Å². The number of hydrogen-bond donors (Lipinski definition) is 2. The Morgan fingerprint density at radius 3 is 2.54 bits per heavy atom. The molecule has 198 valence electrons. The fourth-order valence-electron chi connectivity index (χ4n) is 3.97. The third-order valence-corrected chi connectivity index (χ3v) is 7.80. The lowest BCUT2D eigenvalue weighted by Gasteiger charge is -2.32. The molecule has 3 aromatic rings. The zero-order chi connectivity index (χ0) is 26.9. The number of ether oxygens (including phenoxy) is 2. The van der Waals surface area contributed by atoms with Crippen LogP contribution in [0.25, 0.3) is 0 Å². The molecule has 0 radical (unpaired) electrons. The highest BCUT2D eigenvalue weighted by atomic mass is 32.1. The van der Waals surface area contributed by atoms with Gasteiger partial charge in [0.25, 0.3) is 5.91 Å². The molecule has 0 fully saturated rings. The van der Waals surface area contributed by atoms with Crippen LogP contribution in [0.5, 0.6) is 0 Å². The average Bonchev–Trinajstić information content (AvgIpc) is 3.57. The SMILES string of the molecule is CCOC(=O)c1sc(NC(=O)c2cc3n(n2)[C@@H](C(F)(F)F)C[C@@H](c2cccs2)N3)c(C(=O)OCC)c1C. The van der Waals surface area contributed by atoms with Crippen molar-refractivity contribution in [3.05, 3.63) is 50.2 Å². The normalized spacial score (nSPS) is 17.0.